The lowest BCUT2D eigenvalue weighted by atomic mass is 10.1. The normalized spacial score (nSPS) is 11.2. The first-order valence-corrected chi connectivity index (χ1v) is 12.2. The summed E-state index contributed by atoms with van der Waals surface area (Å²) in [5.41, 5.74) is 4.63. The number of hydrogen-bond acceptors (Lipinski definition) is 6. The third-order valence-electron chi connectivity index (χ3n) is 4.94. The van der Waals surface area contributed by atoms with E-state index in [0.29, 0.717) is 22.5 Å². The van der Waals surface area contributed by atoms with Crippen molar-refractivity contribution >= 4 is 33.8 Å². The van der Waals surface area contributed by atoms with Crippen LogP contribution in [0.2, 0.25) is 0 Å². The zero-order chi connectivity index (χ0) is 25.5. The number of hydrogen-bond donors (Lipinski definition) is 2. The predicted octanol–water partition coefficient (Wildman–Crippen LogP) is 3.97. The maximum absolute atomic E-state index is 12.7. The summed E-state index contributed by atoms with van der Waals surface area (Å²) in [6, 6.07) is 22.7. The summed E-state index contributed by atoms with van der Waals surface area (Å²) in [5, 5.41) is 6.56. The lowest BCUT2D eigenvalue weighted by molar-refractivity contribution is -0.114. The van der Waals surface area contributed by atoms with Gasteiger partial charge in [-0.2, -0.15) is 13.5 Å². The first kappa shape index (κ1) is 24.4. The van der Waals surface area contributed by atoms with Gasteiger partial charge in [-0.05, 0) is 66.2 Å². The molecule has 0 saturated heterocycles. The zero-order valence-electron chi connectivity index (χ0n) is 19.2. The average Bonchev–Trinajstić information content (AvgIpc) is 3.39. The second-order valence-electron chi connectivity index (χ2n) is 7.62. The van der Waals surface area contributed by atoms with Crippen molar-refractivity contribution in [1.82, 2.24) is 9.99 Å². The van der Waals surface area contributed by atoms with Crippen LogP contribution < -0.4 is 14.9 Å². The fourth-order valence-electron chi connectivity index (χ4n) is 3.34. The molecule has 2 N–H and O–H groups in total. The van der Waals surface area contributed by atoms with E-state index in [1.807, 2.05) is 41.2 Å². The molecular formula is C26H22N4O5S. The van der Waals surface area contributed by atoms with Crippen molar-refractivity contribution in [2.24, 2.45) is 5.10 Å². The Hall–Kier alpha value is -4.70. The molecule has 0 atom stereocenters. The molecule has 0 aliphatic heterocycles. The van der Waals surface area contributed by atoms with Gasteiger partial charge >= 0.3 is 10.1 Å². The van der Waals surface area contributed by atoms with Crippen LogP contribution in [0.5, 0.6) is 5.75 Å². The molecule has 0 spiro atoms. The number of para-hydroxylation sites is 1. The number of rotatable bonds is 8. The van der Waals surface area contributed by atoms with Crippen LogP contribution in [0.25, 0.3) is 5.69 Å². The standard InChI is InChI=1S/C26H22N4O5S/c1-19(31)28-21-11-13-23(14-12-21)36(33,34)35-22-8-6-7-20(17-22)18-27-29-26(32)24-9-2-3-10-25(24)30-15-4-5-16-30/h2-18H,1H3,(H,28,31)(H,29,32)/b27-18-. The van der Waals surface area contributed by atoms with Gasteiger partial charge in [-0.25, -0.2) is 5.43 Å². The van der Waals surface area contributed by atoms with E-state index in [-0.39, 0.29) is 16.6 Å². The number of hydrazone groups is 1. The Bertz CT molecular complexity index is 1510. The predicted molar refractivity (Wildman–Crippen MR) is 136 cm³/mol. The largest absolute Gasteiger partial charge is 0.379 e. The molecule has 0 saturated carbocycles. The van der Waals surface area contributed by atoms with Crippen molar-refractivity contribution in [3.8, 4) is 11.4 Å². The van der Waals surface area contributed by atoms with Gasteiger partial charge in [0.1, 0.15) is 10.6 Å². The molecule has 4 aromatic rings. The van der Waals surface area contributed by atoms with Gasteiger partial charge in [0.2, 0.25) is 5.91 Å². The molecule has 182 valence electrons. The fraction of sp³-hybridized carbons (Fsp3) is 0.0385. The summed E-state index contributed by atoms with van der Waals surface area (Å²) < 4.78 is 32.3. The molecule has 0 bridgehead atoms. The van der Waals surface area contributed by atoms with E-state index >= 15 is 0 Å². The summed E-state index contributed by atoms with van der Waals surface area (Å²) in [6.45, 7) is 1.36. The third kappa shape index (κ3) is 6.05. The number of carbonyl (C=O) groups excluding carboxylic acids is 2. The van der Waals surface area contributed by atoms with Crippen molar-refractivity contribution in [3.05, 3.63) is 108 Å². The Morgan fingerprint density at radius 1 is 0.917 bits per heavy atom. The van der Waals surface area contributed by atoms with Crippen LogP contribution in [0, 0.1) is 0 Å². The summed E-state index contributed by atoms with van der Waals surface area (Å²) in [7, 11) is -4.10. The Morgan fingerprint density at radius 3 is 2.36 bits per heavy atom. The van der Waals surface area contributed by atoms with E-state index in [1.54, 1.807) is 24.3 Å². The third-order valence-corrected chi connectivity index (χ3v) is 6.20. The van der Waals surface area contributed by atoms with Crippen LogP contribution in [0.1, 0.15) is 22.8 Å². The van der Waals surface area contributed by atoms with Crippen LogP contribution in [0.4, 0.5) is 5.69 Å². The van der Waals surface area contributed by atoms with Crippen LogP contribution in [-0.2, 0) is 14.9 Å². The van der Waals surface area contributed by atoms with E-state index in [2.05, 4.69) is 15.8 Å². The van der Waals surface area contributed by atoms with Gasteiger partial charge in [-0.3, -0.25) is 9.59 Å². The molecule has 0 aliphatic carbocycles. The number of nitrogens with one attached hydrogen (secondary N) is 2. The molecule has 4 rings (SSSR count). The number of benzene rings is 3. The fourth-order valence-corrected chi connectivity index (χ4v) is 4.26. The van der Waals surface area contributed by atoms with E-state index in [9.17, 15) is 18.0 Å². The number of amides is 2. The highest BCUT2D eigenvalue weighted by Crippen LogP contribution is 2.21. The molecule has 3 aromatic carbocycles. The Balaban J connectivity index is 1.43. The van der Waals surface area contributed by atoms with E-state index in [4.69, 9.17) is 4.18 Å². The minimum Gasteiger partial charge on any atom is -0.379 e. The molecule has 9 nitrogen and oxygen atoms in total. The highest BCUT2D eigenvalue weighted by molar-refractivity contribution is 7.87. The minimum atomic E-state index is -4.10. The summed E-state index contributed by atoms with van der Waals surface area (Å²) in [6.07, 6.45) is 5.07. The SMILES string of the molecule is CC(=O)Nc1ccc(S(=O)(=O)Oc2cccc(/C=N\NC(=O)c3ccccc3-n3cccc3)c2)cc1. The van der Waals surface area contributed by atoms with Crippen molar-refractivity contribution in [2.45, 2.75) is 11.8 Å². The second-order valence-corrected chi connectivity index (χ2v) is 9.17. The average molecular weight is 503 g/mol. The number of aromatic nitrogens is 1. The van der Waals surface area contributed by atoms with Crippen molar-refractivity contribution < 1.29 is 22.2 Å². The number of nitrogens with zero attached hydrogens (tertiary/aromatic N) is 2. The Morgan fingerprint density at radius 2 is 1.64 bits per heavy atom. The van der Waals surface area contributed by atoms with Crippen LogP contribution in [0.3, 0.4) is 0 Å². The summed E-state index contributed by atoms with van der Waals surface area (Å²) >= 11 is 0. The Kier molecular flexibility index (Phi) is 7.26. The quantitative estimate of drug-likeness (QED) is 0.215. The zero-order valence-corrected chi connectivity index (χ0v) is 20.0. The highest BCUT2D eigenvalue weighted by atomic mass is 32.2. The maximum atomic E-state index is 12.7. The lowest BCUT2D eigenvalue weighted by Gasteiger charge is -2.09. The van der Waals surface area contributed by atoms with Crippen LogP contribution in [-0.4, -0.2) is 31.0 Å². The molecule has 36 heavy (non-hydrogen) atoms. The van der Waals surface area contributed by atoms with Crippen molar-refractivity contribution in [1.29, 1.82) is 0 Å². The first-order chi connectivity index (χ1) is 17.3. The van der Waals surface area contributed by atoms with Gasteiger partial charge in [-0.15, -0.1) is 0 Å². The van der Waals surface area contributed by atoms with Crippen LogP contribution >= 0.6 is 0 Å². The van der Waals surface area contributed by atoms with Gasteiger partial charge in [0.15, 0.2) is 0 Å². The second kappa shape index (κ2) is 10.7. The number of carbonyl (C=O) groups is 2. The van der Waals surface area contributed by atoms with E-state index in [1.165, 1.54) is 49.5 Å². The highest BCUT2D eigenvalue weighted by Gasteiger charge is 2.17. The monoisotopic (exact) mass is 502 g/mol. The topological polar surface area (TPSA) is 119 Å². The smallest absolute Gasteiger partial charge is 0.339 e. The Labute approximate surface area is 208 Å². The molecule has 0 fully saturated rings. The lowest BCUT2D eigenvalue weighted by Crippen LogP contribution is -2.19. The maximum Gasteiger partial charge on any atom is 0.339 e. The molecule has 0 aliphatic rings. The molecule has 0 unspecified atom stereocenters. The van der Waals surface area contributed by atoms with Gasteiger partial charge in [0.25, 0.3) is 5.91 Å². The summed E-state index contributed by atoms with van der Waals surface area (Å²) in [5.74, 6) is -0.580. The van der Waals surface area contributed by atoms with Gasteiger partial charge in [-0.1, -0.05) is 24.3 Å². The number of anilines is 1. The molecule has 1 aromatic heterocycles. The van der Waals surface area contributed by atoms with Crippen molar-refractivity contribution in [2.75, 3.05) is 5.32 Å². The van der Waals surface area contributed by atoms with Gasteiger partial charge in [0, 0.05) is 25.0 Å². The van der Waals surface area contributed by atoms with Crippen molar-refractivity contribution in [3.63, 3.8) is 0 Å². The van der Waals surface area contributed by atoms with Gasteiger partial charge < -0.3 is 14.1 Å². The van der Waals surface area contributed by atoms with Crippen LogP contribution in [0.15, 0.2) is 107 Å². The molecular weight excluding hydrogens is 480 g/mol. The minimum absolute atomic E-state index is 0.0655. The van der Waals surface area contributed by atoms with E-state index < -0.39 is 16.0 Å². The molecule has 0 radical (unpaired) electrons. The molecule has 1 heterocycles. The first-order valence-electron chi connectivity index (χ1n) is 10.8. The van der Waals surface area contributed by atoms with E-state index in [0.717, 1.165) is 0 Å². The van der Waals surface area contributed by atoms with Gasteiger partial charge in [0.05, 0.1) is 17.5 Å². The molecule has 10 heteroatoms. The molecule has 2 amide bonds. The summed E-state index contributed by atoms with van der Waals surface area (Å²) in [4.78, 5) is 23.7.